The number of aryl methyl sites for hydroxylation is 2. The molecule has 0 saturated heterocycles. The van der Waals surface area contributed by atoms with Gasteiger partial charge in [-0.3, -0.25) is 14.8 Å². The summed E-state index contributed by atoms with van der Waals surface area (Å²) in [5.41, 5.74) is 21.4. The third kappa shape index (κ3) is 7.55. The molecule has 4 aromatic carbocycles. The van der Waals surface area contributed by atoms with Crippen LogP contribution in [-0.2, 0) is 19.7 Å². The topological polar surface area (TPSA) is 235 Å². The van der Waals surface area contributed by atoms with Crippen LogP contribution < -0.4 is 16.9 Å². The van der Waals surface area contributed by atoms with Gasteiger partial charge in [0, 0.05) is 0 Å². The highest BCUT2D eigenvalue weighted by molar-refractivity contribution is 7.85. The number of nitrogen functional groups attached to an aromatic ring is 2. The molecule has 4 aromatic rings. The Bertz CT molecular complexity index is 2220. The first-order valence-corrected chi connectivity index (χ1v) is 15.6. The van der Waals surface area contributed by atoms with Gasteiger partial charge in [0.25, 0.3) is 10.1 Å². The van der Waals surface area contributed by atoms with E-state index >= 15 is 0 Å². The summed E-state index contributed by atoms with van der Waals surface area (Å²) in [5.74, 6) is -1.90. The van der Waals surface area contributed by atoms with Crippen molar-refractivity contribution in [2.75, 3.05) is 16.9 Å². The van der Waals surface area contributed by atoms with Gasteiger partial charge in [0.15, 0.2) is 5.78 Å². The second-order valence-electron chi connectivity index (χ2n) is 10.5. The molecule has 0 aliphatic heterocycles. The Kier molecular flexibility index (Phi) is 9.35. The number of hydrogen-bond donors (Lipinski definition) is 5. The number of nitrogens with one attached hydrogen (secondary N) is 1. The number of azo groups is 2. The van der Waals surface area contributed by atoms with E-state index in [1.807, 2.05) is 50.2 Å². The first-order chi connectivity index (χ1) is 22.8. The summed E-state index contributed by atoms with van der Waals surface area (Å²) in [6, 6.07) is 19.7. The van der Waals surface area contributed by atoms with Gasteiger partial charge in [0.2, 0.25) is 0 Å². The van der Waals surface area contributed by atoms with Gasteiger partial charge >= 0.3 is 5.97 Å². The maximum Gasteiger partial charge on any atom is 0.339 e. The molecule has 0 aromatic heterocycles. The second-order valence-corrected chi connectivity index (χ2v) is 12.0. The third-order valence-electron chi connectivity index (χ3n) is 7.15. The van der Waals surface area contributed by atoms with E-state index in [0.717, 1.165) is 22.3 Å². The van der Waals surface area contributed by atoms with Gasteiger partial charge in [0.05, 0.1) is 39.0 Å². The molecule has 1 aliphatic carbocycles. The van der Waals surface area contributed by atoms with Gasteiger partial charge in [0.1, 0.15) is 16.9 Å². The Morgan fingerprint density at radius 2 is 1.44 bits per heavy atom. The Labute approximate surface area is 274 Å². The summed E-state index contributed by atoms with van der Waals surface area (Å²) in [7, 11) is -4.32. The van der Waals surface area contributed by atoms with E-state index in [2.05, 4.69) is 31.0 Å². The number of anilines is 3. The van der Waals surface area contributed by atoms with Gasteiger partial charge in [-0.1, -0.05) is 12.1 Å². The molecular weight excluding hydrogens is 636 g/mol. The zero-order valence-corrected chi connectivity index (χ0v) is 26.3. The zero-order valence-electron chi connectivity index (χ0n) is 25.5. The molecule has 0 unspecified atom stereocenters. The molecule has 0 atom stereocenters. The van der Waals surface area contributed by atoms with E-state index in [4.69, 9.17) is 16.0 Å². The monoisotopic (exact) mass is 664 g/mol. The minimum atomic E-state index is -4.32. The summed E-state index contributed by atoms with van der Waals surface area (Å²) in [6.07, 6.45) is 3.83. The van der Waals surface area contributed by atoms with Crippen LogP contribution in [0.1, 0.15) is 11.1 Å². The normalized spacial score (nSPS) is 14.2. The predicted octanol–water partition coefficient (Wildman–Crippen LogP) is 7.13. The van der Waals surface area contributed by atoms with Crippen molar-refractivity contribution in [3.05, 3.63) is 108 Å². The van der Waals surface area contributed by atoms with Crippen molar-refractivity contribution in [1.29, 1.82) is 0 Å². The number of benzene rings is 4. The fraction of sp³-hybridized carbons (Fsp3) is 0.0606. The van der Waals surface area contributed by atoms with Crippen LogP contribution in [0.3, 0.4) is 0 Å². The van der Waals surface area contributed by atoms with Crippen LogP contribution in [0.25, 0.3) is 11.1 Å². The molecular formula is C33H28N8O6S. The van der Waals surface area contributed by atoms with Crippen LogP contribution in [0.4, 0.5) is 39.8 Å². The molecule has 0 radical (unpaired) electrons. The summed E-state index contributed by atoms with van der Waals surface area (Å²) in [4.78, 5) is 22.7. The number of carboxylic acid groups (broad SMARTS) is 1. The first-order valence-electron chi connectivity index (χ1n) is 14.1. The highest BCUT2D eigenvalue weighted by Gasteiger charge is 2.19. The van der Waals surface area contributed by atoms with Gasteiger partial charge in [-0.2, -0.15) is 23.7 Å². The standard InChI is InChI=1S/C33H28N8O6S/c1-18-15-20(3-11-27(18)38-37-23-7-14-30(42)25(17-23)33(43)44)21-4-12-28(19(2)16-21)39-41-32-26(34)10-13-29(31(32)35)40-36-22-5-8-24(9-6-22)48(45,46)47/h3-17,38H,34-35H2,1-2H3,(H,43,44)(H,45,46,47). The second kappa shape index (κ2) is 13.6. The molecule has 14 nitrogen and oxygen atoms in total. The summed E-state index contributed by atoms with van der Waals surface area (Å²) in [6.45, 7) is 3.80. The van der Waals surface area contributed by atoms with Gasteiger partial charge in [-0.25, -0.2) is 4.79 Å². The van der Waals surface area contributed by atoms with Crippen LogP contribution in [0.2, 0.25) is 0 Å². The van der Waals surface area contributed by atoms with Crippen molar-refractivity contribution >= 4 is 67.4 Å². The fourth-order valence-corrected chi connectivity index (χ4v) is 4.99. The van der Waals surface area contributed by atoms with E-state index < -0.39 is 21.9 Å². The Balaban J connectivity index is 1.31. The van der Waals surface area contributed by atoms with E-state index in [-0.39, 0.29) is 33.2 Å². The number of carbonyl (C=O) groups is 2. The lowest BCUT2D eigenvalue weighted by Gasteiger charge is -2.11. The summed E-state index contributed by atoms with van der Waals surface area (Å²) >= 11 is 0. The van der Waals surface area contributed by atoms with Crippen LogP contribution in [0.15, 0.2) is 127 Å². The molecule has 0 saturated carbocycles. The molecule has 0 fully saturated rings. The number of rotatable bonds is 9. The first kappa shape index (κ1) is 33.1. The zero-order chi connectivity index (χ0) is 34.6. The van der Waals surface area contributed by atoms with E-state index in [0.29, 0.717) is 22.8 Å². The number of aliphatic carboxylic acids is 1. The van der Waals surface area contributed by atoms with Crippen molar-refractivity contribution in [2.24, 2.45) is 25.6 Å². The summed E-state index contributed by atoms with van der Waals surface area (Å²) < 4.78 is 31.6. The van der Waals surface area contributed by atoms with E-state index in [1.165, 1.54) is 42.5 Å². The van der Waals surface area contributed by atoms with Crippen molar-refractivity contribution in [2.45, 2.75) is 18.7 Å². The number of carboxylic acids is 1. The fourth-order valence-electron chi connectivity index (χ4n) is 4.51. The Hall–Kier alpha value is -6.32. The van der Waals surface area contributed by atoms with Crippen molar-refractivity contribution in [3.63, 3.8) is 0 Å². The average molecular weight is 665 g/mol. The number of allylic oxidation sites excluding steroid dienone is 3. The van der Waals surface area contributed by atoms with Crippen LogP contribution in [0.5, 0.6) is 0 Å². The molecule has 48 heavy (non-hydrogen) atoms. The predicted molar refractivity (Wildman–Crippen MR) is 182 cm³/mol. The molecule has 0 bridgehead atoms. The average Bonchev–Trinajstić information content (AvgIpc) is 3.04. The maximum atomic E-state index is 11.7. The molecule has 7 N–H and O–H groups in total. The summed E-state index contributed by atoms with van der Waals surface area (Å²) in [5, 5.41) is 30.2. The van der Waals surface area contributed by atoms with Crippen molar-refractivity contribution < 1.29 is 27.7 Å². The number of ketones is 1. The number of nitrogens with two attached hydrogens (primary N) is 2. The quantitative estimate of drug-likeness (QED) is 0.0305. The number of nitrogens with zero attached hydrogens (tertiary/aromatic N) is 5. The molecule has 15 heteroatoms. The van der Waals surface area contributed by atoms with Crippen LogP contribution >= 0.6 is 0 Å². The Morgan fingerprint density at radius 3 is 2.08 bits per heavy atom. The molecule has 0 spiro atoms. The van der Waals surface area contributed by atoms with Gasteiger partial charge in [-0.15, -0.1) is 10.2 Å². The van der Waals surface area contributed by atoms with Crippen molar-refractivity contribution in [1.82, 2.24) is 0 Å². The molecule has 0 heterocycles. The van der Waals surface area contributed by atoms with E-state index in [9.17, 15) is 23.1 Å². The molecule has 0 amide bonds. The highest BCUT2D eigenvalue weighted by Crippen LogP contribution is 2.39. The number of carbonyl (C=O) groups excluding carboxylic acids is 1. The number of hydrogen-bond acceptors (Lipinski definition) is 12. The molecule has 5 rings (SSSR count). The minimum Gasteiger partial charge on any atom is -0.478 e. The molecule has 242 valence electrons. The largest absolute Gasteiger partial charge is 0.478 e. The minimum absolute atomic E-state index is 0.145. The van der Waals surface area contributed by atoms with Crippen LogP contribution in [0, 0.1) is 13.8 Å². The third-order valence-corrected chi connectivity index (χ3v) is 8.01. The highest BCUT2D eigenvalue weighted by atomic mass is 32.2. The lowest BCUT2D eigenvalue weighted by Crippen LogP contribution is -2.16. The van der Waals surface area contributed by atoms with Gasteiger partial charge < -0.3 is 16.6 Å². The maximum absolute atomic E-state index is 11.7. The van der Waals surface area contributed by atoms with Gasteiger partial charge in [-0.05, 0) is 115 Å². The lowest BCUT2D eigenvalue weighted by molar-refractivity contribution is -0.134. The molecule has 1 aliphatic rings. The Morgan fingerprint density at radius 1 is 0.792 bits per heavy atom. The van der Waals surface area contributed by atoms with E-state index in [1.54, 1.807) is 12.1 Å². The lowest BCUT2D eigenvalue weighted by atomic mass is 10.00. The smallest absolute Gasteiger partial charge is 0.339 e. The van der Waals surface area contributed by atoms with Crippen LogP contribution in [-0.4, -0.2) is 35.5 Å². The van der Waals surface area contributed by atoms with Crippen molar-refractivity contribution in [3.8, 4) is 11.1 Å². The SMILES string of the molecule is Cc1cc(-c2ccc(NN=C3C=CC(=O)C(C(=O)O)=C3)c(C)c2)ccc1N=Nc1c(N)ccc(N=Nc2ccc(S(=O)(=O)O)cc2)c1N. The number of hydrazone groups is 1.